The summed E-state index contributed by atoms with van der Waals surface area (Å²) in [6.45, 7) is 4.43. The van der Waals surface area contributed by atoms with E-state index in [4.69, 9.17) is 4.74 Å². The van der Waals surface area contributed by atoms with Gasteiger partial charge in [0.05, 0.1) is 12.7 Å². The standard InChI is InChI=1S/C15H22N2O3/c1-3-17(11-5-4-8-16-10-11)15(19)13-7-6-12(20-2)9-14(13)18/h6-7,9,11,16,18H,3-5,8,10H2,1-2H3. The molecule has 2 N–H and O–H groups in total. The van der Waals surface area contributed by atoms with Crippen LogP contribution in [0.1, 0.15) is 30.1 Å². The highest BCUT2D eigenvalue weighted by Crippen LogP contribution is 2.25. The Labute approximate surface area is 119 Å². The number of amides is 1. The maximum Gasteiger partial charge on any atom is 0.257 e. The number of rotatable bonds is 4. The van der Waals surface area contributed by atoms with Gasteiger partial charge in [-0.1, -0.05) is 0 Å². The molecule has 5 nitrogen and oxygen atoms in total. The van der Waals surface area contributed by atoms with Gasteiger partial charge in [-0.15, -0.1) is 0 Å². The van der Waals surface area contributed by atoms with Gasteiger partial charge in [-0.25, -0.2) is 0 Å². The van der Waals surface area contributed by atoms with Crippen LogP contribution in [-0.4, -0.2) is 48.7 Å². The van der Waals surface area contributed by atoms with Crippen molar-refractivity contribution in [3.63, 3.8) is 0 Å². The lowest BCUT2D eigenvalue weighted by Gasteiger charge is -2.34. The first-order valence-electron chi connectivity index (χ1n) is 7.06. The van der Waals surface area contributed by atoms with Gasteiger partial charge < -0.3 is 20.1 Å². The van der Waals surface area contributed by atoms with E-state index in [0.717, 1.165) is 25.9 Å². The monoisotopic (exact) mass is 278 g/mol. The Morgan fingerprint density at radius 3 is 2.90 bits per heavy atom. The third-order valence-corrected chi connectivity index (χ3v) is 3.75. The van der Waals surface area contributed by atoms with Crippen molar-refractivity contribution in [3.8, 4) is 11.5 Å². The topological polar surface area (TPSA) is 61.8 Å². The van der Waals surface area contributed by atoms with Crippen LogP contribution in [0, 0.1) is 0 Å². The van der Waals surface area contributed by atoms with E-state index >= 15 is 0 Å². The first-order valence-corrected chi connectivity index (χ1v) is 7.06. The van der Waals surface area contributed by atoms with Crippen molar-refractivity contribution in [2.45, 2.75) is 25.8 Å². The summed E-state index contributed by atoms with van der Waals surface area (Å²) in [5.41, 5.74) is 0.332. The molecule has 0 spiro atoms. The quantitative estimate of drug-likeness (QED) is 0.878. The van der Waals surface area contributed by atoms with Crippen LogP contribution < -0.4 is 10.1 Å². The van der Waals surface area contributed by atoms with Crippen LogP contribution in [0.2, 0.25) is 0 Å². The minimum atomic E-state index is -0.124. The van der Waals surface area contributed by atoms with Crippen LogP contribution >= 0.6 is 0 Å². The number of hydrogen-bond donors (Lipinski definition) is 2. The molecule has 1 aliphatic rings. The summed E-state index contributed by atoms with van der Waals surface area (Å²) in [5, 5.41) is 13.3. The number of nitrogens with zero attached hydrogens (tertiary/aromatic N) is 1. The minimum Gasteiger partial charge on any atom is -0.507 e. The summed E-state index contributed by atoms with van der Waals surface area (Å²) in [6, 6.07) is 4.98. The lowest BCUT2D eigenvalue weighted by molar-refractivity contribution is 0.0659. The molecule has 1 aromatic carbocycles. The average molecular weight is 278 g/mol. The molecule has 5 heteroatoms. The second kappa shape index (κ2) is 6.61. The Kier molecular flexibility index (Phi) is 4.84. The maximum absolute atomic E-state index is 12.6. The average Bonchev–Trinajstić information content (AvgIpc) is 2.48. The van der Waals surface area contributed by atoms with Crippen LogP contribution in [0.4, 0.5) is 0 Å². The molecule has 0 saturated carbocycles. The summed E-state index contributed by atoms with van der Waals surface area (Å²) < 4.78 is 5.04. The minimum absolute atomic E-state index is 0.0310. The van der Waals surface area contributed by atoms with Gasteiger partial charge in [-0.05, 0) is 38.4 Å². The molecule has 1 fully saturated rings. The number of piperidine rings is 1. The van der Waals surface area contributed by atoms with Gasteiger partial charge >= 0.3 is 0 Å². The summed E-state index contributed by atoms with van der Waals surface area (Å²) in [5.74, 6) is 0.388. The van der Waals surface area contributed by atoms with Crippen LogP contribution in [0.3, 0.4) is 0 Å². The number of methoxy groups -OCH3 is 1. The van der Waals surface area contributed by atoms with Crippen molar-refractivity contribution in [2.24, 2.45) is 0 Å². The van der Waals surface area contributed by atoms with Crippen LogP contribution in [0.25, 0.3) is 0 Å². The van der Waals surface area contributed by atoms with Crippen molar-refractivity contribution in [1.82, 2.24) is 10.2 Å². The summed E-state index contributed by atoms with van der Waals surface area (Å²) in [4.78, 5) is 14.4. The number of phenols is 1. The van der Waals surface area contributed by atoms with Crippen LogP contribution in [0.5, 0.6) is 11.5 Å². The molecule has 1 aliphatic heterocycles. The maximum atomic E-state index is 12.6. The van der Waals surface area contributed by atoms with Gasteiger partial charge in [0.2, 0.25) is 0 Å². The van der Waals surface area contributed by atoms with Crippen molar-refractivity contribution < 1.29 is 14.6 Å². The Balaban J connectivity index is 2.19. The Hall–Kier alpha value is -1.75. The fourth-order valence-electron chi connectivity index (χ4n) is 2.64. The number of carbonyl (C=O) groups excluding carboxylic acids is 1. The van der Waals surface area contributed by atoms with Crippen molar-refractivity contribution in [3.05, 3.63) is 23.8 Å². The second-order valence-electron chi connectivity index (χ2n) is 4.97. The first-order chi connectivity index (χ1) is 9.67. The summed E-state index contributed by atoms with van der Waals surface area (Å²) in [7, 11) is 1.53. The van der Waals surface area contributed by atoms with E-state index in [2.05, 4.69) is 5.32 Å². The lowest BCUT2D eigenvalue weighted by atomic mass is 10.0. The molecule has 0 aliphatic carbocycles. The number of ether oxygens (including phenoxy) is 1. The molecule has 1 atom stereocenters. The molecule has 1 aromatic rings. The van der Waals surface area contributed by atoms with E-state index in [-0.39, 0.29) is 17.7 Å². The Bertz CT molecular complexity index is 470. The number of carbonyl (C=O) groups is 1. The molecule has 1 heterocycles. The van der Waals surface area contributed by atoms with E-state index in [1.807, 2.05) is 11.8 Å². The fraction of sp³-hybridized carbons (Fsp3) is 0.533. The van der Waals surface area contributed by atoms with Gasteiger partial charge in [-0.2, -0.15) is 0 Å². The highest BCUT2D eigenvalue weighted by Gasteiger charge is 2.26. The smallest absolute Gasteiger partial charge is 0.257 e. The predicted octanol–water partition coefficient (Wildman–Crippen LogP) is 1.61. The molecule has 20 heavy (non-hydrogen) atoms. The fourth-order valence-corrected chi connectivity index (χ4v) is 2.64. The zero-order valence-electron chi connectivity index (χ0n) is 12.1. The molecule has 0 bridgehead atoms. The summed E-state index contributed by atoms with van der Waals surface area (Å²) in [6.07, 6.45) is 2.08. The second-order valence-corrected chi connectivity index (χ2v) is 4.97. The molecule has 1 amide bonds. The molecule has 1 saturated heterocycles. The lowest BCUT2D eigenvalue weighted by Crippen LogP contribution is -2.48. The Morgan fingerprint density at radius 1 is 1.55 bits per heavy atom. The molecular weight excluding hydrogens is 256 g/mol. The predicted molar refractivity (Wildman–Crippen MR) is 77.3 cm³/mol. The van der Waals surface area contributed by atoms with Gasteiger partial charge in [0.15, 0.2) is 0 Å². The van der Waals surface area contributed by atoms with E-state index in [0.29, 0.717) is 17.9 Å². The third-order valence-electron chi connectivity index (χ3n) is 3.75. The van der Waals surface area contributed by atoms with E-state index in [1.165, 1.54) is 13.2 Å². The van der Waals surface area contributed by atoms with Crippen molar-refractivity contribution in [1.29, 1.82) is 0 Å². The van der Waals surface area contributed by atoms with E-state index < -0.39 is 0 Å². The van der Waals surface area contributed by atoms with E-state index in [1.54, 1.807) is 12.1 Å². The van der Waals surface area contributed by atoms with Gasteiger partial charge in [-0.3, -0.25) is 4.79 Å². The van der Waals surface area contributed by atoms with E-state index in [9.17, 15) is 9.90 Å². The molecular formula is C15H22N2O3. The van der Waals surface area contributed by atoms with Gasteiger partial charge in [0.1, 0.15) is 11.5 Å². The third kappa shape index (κ3) is 3.04. The normalized spacial score (nSPS) is 18.6. The van der Waals surface area contributed by atoms with Gasteiger partial charge in [0.25, 0.3) is 5.91 Å². The molecule has 0 aromatic heterocycles. The first kappa shape index (κ1) is 14.7. The number of aromatic hydroxyl groups is 1. The number of nitrogens with one attached hydrogen (secondary N) is 1. The molecule has 0 radical (unpaired) electrons. The zero-order valence-corrected chi connectivity index (χ0v) is 12.1. The van der Waals surface area contributed by atoms with Crippen LogP contribution in [0.15, 0.2) is 18.2 Å². The van der Waals surface area contributed by atoms with Gasteiger partial charge in [0, 0.05) is 25.2 Å². The molecule has 1 unspecified atom stereocenters. The molecule has 110 valence electrons. The largest absolute Gasteiger partial charge is 0.507 e. The number of likely N-dealkylation sites (N-methyl/N-ethyl adjacent to an activating group) is 1. The highest BCUT2D eigenvalue weighted by atomic mass is 16.5. The van der Waals surface area contributed by atoms with Crippen LogP contribution in [-0.2, 0) is 0 Å². The number of benzene rings is 1. The zero-order chi connectivity index (χ0) is 14.5. The highest BCUT2D eigenvalue weighted by molar-refractivity contribution is 5.97. The van der Waals surface area contributed by atoms with Crippen molar-refractivity contribution >= 4 is 5.91 Å². The number of phenolic OH excluding ortho intramolecular Hbond substituents is 1. The molecule has 2 rings (SSSR count). The summed E-state index contributed by atoms with van der Waals surface area (Å²) >= 11 is 0. The van der Waals surface area contributed by atoms with Crippen molar-refractivity contribution in [2.75, 3.05) is 26.7 Å². The Morgan fingerprint density at radius 2 is 2.35 bits per heavy atom. The SMILES string of the molecule is CCN(C(=O)c1ccc(OC)cc1O)C1CCCNC1. The number of hydrogen-bond acceptors (Lipinski definition) is 4.